The summed E-state index contributed by atoms with van der Waals surface area (Å²) in [5, 5.41) is 21.2. The normalized spacial score (nSPS) is 20.6. The number of nitrogens with zero attached hydrogens (tertiary/aromatic N) is 1. The van der Waals surface area contributed by atoms with Crippen LogP contribution in [0.1, 0.15) is 34.1 Å². The third-order valence-corrected chi connectivity index (χ3v) is 7.20. The summed E-state index contributed by atoms with van der Waals surface area (Å²) in [7, 11) is 0. The second-order valence-electron chi connectivity index (χ2n) is 8.09. The van der Waals surface area contributed by atoms with Gasteiger partial charge >= 0.3 is 184 Å². The molecule has 29 heavy (non-hydrogen) atoms. The van der Waals surface area contributed by atoms with Gasteiger partial charge in [0.05, 0.1) is 0 Å². The predicted octanol–water partition coefficient (Wildman–Crippen LogP) is -2.47. The number of amides is 3. The third-order valence-electron chi connectivity index (χ3n) is 4.84. The summed E-state index contributed by atoms with van der Waals surface area (Å²) in [5.74, 6) is 1.67. The summed E-state index contributed by atoms with van der Waals surface area (Å²) in [6.45, 7) is 11.0. The first-order chi connectivity index (χ1) is 13.8. The van der Waals surface area contributed by atoms with Crippen molar-refractivity contribution in [3.05, 3.63) is 21.0 Å². The fourth-order valence-corrected chi connectivity index (χ4v) is 5.53. The van der Waals surface area contributed by atoms with Gasteiger partial charge in [-0.05, 0) is 0 Å². The van der Waals surface area contributed by atoms with E-state index in [1.807, 2.05) is 11.0 Å². The molecule has 2 aliphatic rings. The van der Waals surface area contributed by atoms with Gasteiger partial charge in [0.1, 0.15) is 0 Å². The van der Waals surface area contributed by atoms with Gasteiger partial charge in [0.25, 0.3) is 0 Å². The standard InChI is InChI=1S/C20H35IN5O3/c1-13(2)9-15-10-16(19(28)26-7-5-22-17(11-26)14(3)4)21-12-24-18(15)25-20(29)23-6-8-27/h10,13-14,17,22,24,27H,5-9,11-12H2,1-4H3,(H2,23,25,29)/q-1/t17-/m1/s1. The van der Waals surface area contributed by atoms with Crippen LogP contribution in [0.3, 0.4) is 0 Å². The summed E-state index contributed by atoms with van der Waals surface area (Å²) in [6.07, 6.45) is 2.77. The van der Waals surface area contributed by atoms with E-state index in [1.165, 1.54) is 0 Å². The van der Waals surface area contributed by atoms with Gasteiger partial charge in [-0.1, -0.05) is 0 Å². The SMILES string of the molecule is CC(C)CC1=C(NC(=O)NCCO)NC[I-]C(C(=O)N2CCN[C@@H](C(C)C)C2)=C1. The van der Waals surface area contributed by atoms with E-state index >= 15 is 0 Å². The number of nitrogens with one attached hydrogen (secondary N) is 4. The van der Waals surface area contributed by atoms with E-state index in [0.29, 0.717) is 28.3 Å². The Morgan fingerprint density at radius 2 is 2.10 bits per heavy atom. The average Bonchev–Trinajstić information content (AvgIpc) is 2.87. The van der Waals surface area contributed by atoms with E-state index in [9.17, 15) is 9.59 Å². The minimum atomic E-state index is -0.509. The Kier molecular flexibility index (Phi) is 9.70. The van der Waals surface area contributed by atoms with E-state index in [0.717, 1.165) is 35.2 Å². The number of urea groups is 1. The van der Waals surface area contributed by atoms with Crippen LogP contribution in [0.4, 0.5) is 4.79 Å². The van der Waals surface area contributed by atoms with E-state index in [1.54, 1.807) is 0 Å². The minimum absolute atomic E-state index is 0.106. The molecule has 0 aliphatic carbocycles. The second-order valence-corrected chi connectivity index (χ2v) is 10.8. The number of allylic oxidation sites excluding steroid dienone is 2. The number of carbonyl (C=O) groups is 2. The molecule has 0 spiro atoms. The van der Waals surface area contributed by atoms with Gasteiger partial charge in [-0.2, -0.15) is 0 Å². The first-order valence-corrected chi connectivity index (χ1v) is 12.9. The zero-order valence-corrected chi connectivity index (χ0v) is 20.0. The number of hydrogen-bond donors (Lipinski definition) is 5. The monoisotopic (exact) mass is 520 g/mol. The van der Waals surface area contributed by atoms with Crippen LogP contribution < -0.4 is 42.5 Å². The number of halogens is 1. The number of rotatable bonds is 7. The van der Waals surface area contributed by atoms with Crippen molar-refractivity contribution in [1.29, 1.82) is 0 Å². The summed E-state index contributed by atoms with van der Waals surface area (Å²) in [5.41, 5.74) is 0.954. The quantitative estimate of drug-likeness (QED) is 0.145. The van der Waals surface area contributed by atoms with Gasteiger partial charge in [-0.15, -0.1) is 0 Å². The van der Waals surface area contributed by atoms with Crippen molar-refractivity contribution in [2.24, 2.45) is 11.8 Å². The summed E-state index contributed by atoms with van der Waals surface area (Å²) >= 11 is -0.509. The van der Waals surface area contributed by atoms with Crippen molar-refractivity contribution in [1.82, 2.24) is 26.2 Å². The van der Waals surface area contributed by atoms with E-state index in [-0.39, 0.29) is 25.1 Å². The van der Waals surface area contributed by atoms with Crippen molar-refractivity contribution in [3.63, 3.8) is 0 Å². The molecule has 5 N–H and O–H groups in total. The van der Waals surface area contributed by atoms with Gasteiger partial charge in [-0.3, -0.25) is 0 Å². The van der Waals surface area contributed by atoms with E-state index in [4.69, 9.17) is 5.11 Å². The molecule has 2 heterocycles. The number of aliphatic hydroxyl groups excluding tert-OH is 1. The molecule has 166 valence electrons. The number of carbonyl (C=O) groups excluding carboxylic acids is 2. The van der Waals surface area contributed by atoms with Gasteiger partial charge in [0, 0.05) is 0 Å². The molecule has 0 aromatic rings. The molecular weight excluding hydrogens is 485 g/mol. The van der Waals surface area contributed by atoms with Crippen LogP contribution in [0.5, 0.6) is 0 Å². The van der Waals surface area contributed by atoms with Crippen molar-refractivity contribution in [2.45, 2.75) is 40.2 Å². The maximum absolute atomic E-state index is 13.3. The predicted molar refractivity (Wildman–Crippen MR) is 109 cm³/mol. The first-order valence-electron chi connectivity index (χ1n) is 10.3. The molecule has 1 fully saturated rings. The molecule has 0 aromatic heterocycles. The molecule has 8 nitrogen and oxygen atoms in total. The van der Waals surface area contributed by atoms with Crippen LogP contribution in [0.2, 0.25) is 0 Å². The Morgan fingerprint density at radius 3 is 2.76 bits per heavy atom. The first kappa shape index (κ1) is 23.9. The molecule has 0 radical (unpaired) electrons. The summed E-state index contributed by atoms with van der Waals surface area (Å²) in [6, 6.07) is -0.0282. The van der Waals surface area contributed by atoms with E-state index in [2.05, 4.69) is 49.0 Å². The Bertz CT molecular complexity index is 648. The maximum atomic E-state index is 13.3. The van der Waals surface area contributed by atoms with Crippen LogP contribution >= 0.6 is 0 Å². The van der Waals surface area contributed by atoms with Gasteiger partial charge in [-0.25, -0.2) is 0 Å². The molecule has 1 atom stereocenters. The molecule has 2 rings (SSSR count). The summed E-state index contributed by atoms with van der Waals surface area (Å²) < 4.78 is 1.58. The molecule has 3 amide bonds. The van der Waals surface area contributed by atoms with Crippen LogP contribution in [0, 0.1) is 11.8 Å². The number of hydrogen-bond acceptors (Lipinski definition) is 5. The zero-order valence-electron chi connectivity index (χ0n) is 17.8. The number of alkyl halides is 1. The van der Waals surface area contributed by atoms with Gasteiger partial charge < -0.3 is 0 Å². The third kappa shape index (κ3) is 7.45. The van der Waals surface area contributed by atoms with Crippen molar-refractivity contribution < 1.29 is 35.9 Å². The van der Waals surface area contributed by atoms with E-state index < -0.39 is 21.2 Å². The Balaban J connectivity index is 2.20. The molecule has 1 saturated heterocycles. The van der Waals surface area contributed by atoms with Crippen molar-refractivity contribution in [2.75, 3.05) is 37.3 Å². The van der Waals surface area contributed by atoms with Gasteiger partial charge in [0.15, 0.2) is 0 Å². The molecule has 0 aromatic carbocycles. The van der Waals surface area contributed by atoms with Crippen molar-refractivity contribution in [3.8, 4) is 0 Å². The van der Waals surface area contributed by atoms with Crippen LogP contribution in [-0.4, -0.2) is 65.3 Å². The molecule has 0 saturated carbocycles. The number of piperazine rings is 1. The molecule has 0 bridgehead atoms. The summed E-state index contributed by atoms with van der Waals surface area (Å²) in [4.78, 5) is 27.3. The average molecular weight is 520 g/mol. The fourth-order valence-electron chi connectivity index (χ4n) is 3.28. The fraction of sp³-hybridized carbons (Fsp3) is 0.700. The molecule has 2 aliphatic heterocycles. The van der Waals surface area contributed by atoms with Crippen LogP contribution in [0.25, 0.3) is 0 Å². The zero-order chi connectivity index (χ0) is 21.4. The Labute approximate surface area is 184 Å². The van der Waals surface area contributed by atoms with Crippen LogP contribution in [-0.2, 0) is 4.79 Å². The van der Waals surface area contributed by atoms with Crippen molar-refractivity contribution >= 4 is 11.9 Å². The Morgan fingerprint density at radius 1 is 1.34 bits per heavy atom. The van der Waals surface area contributed by atoms with Crippen LogP contribution in [0.15, 0.2) is 21.0 Å². The molecule has 9 heteroatoms. The molecule has 0 unspecified atom stereocenters. The Hall–Kier alpha value is -1.33. The van der Waals surface area contributed by atoms with Gasteiger partial charge in [0.2, 0.25) is 0 Å². The second kappa shape index (κ2) is 11.8. The topological polar surface area (TPSA) is 106 Å². The number of aliphatic hydroxyl groups is 1. The molecular formula is C20H35IN5O3-.